The van der Waals surface area contributed by atoms with Crippen LogP contribution in [0.25, 0.3) is 0 Å². The van der Waals surface area contributed by atoms with Crippen molar-refractivity contribution in [3.05, 3.63) is 59.5 Å². The summed E-state index contributed by atoms with van der Waals surface area (Å²) in [5.41, 5.74) is 8.78. The Balaban J connectivity index is 2.24. The maximum Gasteiger partial charge on any atom is 0.117 e. The molecule has 1 unspecified atom stereocenters. The third-order valence-corrected chi connectivity index (χ3v) is 3.80. The molecule has 20 heavy (non-hydrogen) atoms. The van der Waals surface area contributed by atoms with Gasteiger partial charge in [-0.15, -0.1) is 0 Å². The van der Waals surface area contributed by atoms with E-state index in [1.54, 1.807) is 6.26 Å². The molecule has 0 radical (unpaired) electrons. The van der Waals surface area contributed by atoms with Crippen LogP contribution in [0.1, 0.15) is 36.8 Å². The Kier molecular flexibility index (Phi) is 5.39. The molecule has 3 nitrogen and oxygen atoms in total. The van der Waals surface area contributed by atoms with Gasteiger partial charge in [0.05, 0.1) is 12.8 Å². The van der Waals surface area contributed by atoms with Crippen molar-refractivity contribution >= 4 is 0 Å². The number of hydrogen-bond donors (Lipinski definition) is 1. The van der Waals surface area contributed by atoms with Gasteiger partial charge in [-0.25, -0.2) is 0 Å². The van der Waals surface area contributed by atoms with Gasteiger partial charge < -0.3 is 10.2 Å². The van der Waals surface area contributed by atoms with Crippen LogP contribution in [0.5, 0.6) is 0 Å². The van der Waals surface area contributed by atoms with Crippen LogP contribution < -0.4 is 5.73 Å². The van der Waals surface area contributed by atoms with Gasteiger partial charge in [0.15, 0.2) is 0 Å². The van der Waals surface area contributed by atoms with Crippen LogP contribution in [0.2, 0.25) is 0 Å². The Morgan fingerprint density at radius 2 is 1.95 bits per heavy atom. The Morgan fingerprint density at radius 3 is 2.55 bits per heavy atom. The van der Waals surface area contributed by atoms with Crippen LogP contribution >= 0.6 is 0 Å². The monoisotopic (exact) mass is 272 g/mol. The van der Waals surface area contributed by atoms with Gasteiger partial charge in [0.25, 0.3) is 0 Å². The van der Waals surface area contributed by atoms with Gasteiger partial charge in [-0.1, -0.05) is 38.1 Å². The number of hydrogen-bond acceptors (Lipinski definition) is 3. The van der Waals surface area contributed by atoms with E-state index in [2.05, 4.69) is 43.0 Å². The summed E-state index contributed by atoms with van der Waals surface area (Å²) in [6, 6.07) is 12.8. The Labute approximate surface area is 121 Å². The van der Waals surface area contributed by atoms with Crippen molar-refractivity contribution in [1.82, 2.24) is 4.90 Å². The summed E-state index contributed by atoms with van der Waals surface area (Å²) in [6.45, 7) is 6.71. The lowest BCUT2D eigenvalue weighted by Crippen LogP contribution is -2.33. The summed E-state index contributed by atoms with van der Waals surface area (Å²) in [4.78, 5) is 2.37. The van der Waals surface area contributed by atoms with E-state index in [4.69, 9.17) is 10.2 Å². The lowest BCUT2D eigenvalue weighted by Gasteiger charge is -2.30. The molecule has 0 aliphatic carbocycles. The zero-order chi connectivity index (χ0) is 14.4. The highest BCUT2D eigenvalue weighted by molar-refractivity contribution is 5.30. The fourth-order valence-corrected chi connectivity index (χ4v) is 2.70. The van der Waals surface area contributed by atoms with Gasteiger partial charge in [-0.2, -0.15) is 0 Å². The Morgan fingerprint density at radius 1 is 1.15 bits per heavy atom. The van der Waals surface area contributed by atoms with Crippen molar-refractivity contribution in [1.29, 1.82) is 0 Å². The largest absolute Gasteiger partial charge is 0.468 e. The summed E-state index contributed by atoms with van der Waals surface area (Å²) in [7, 11) is 0. The second-order valence-corrected chi connectivity index (χ2v) is 4.95. The van der Waals surface area contributed by atoms with Crippen LogP contribution in [0.3, 0.4) is 0 Å². The van der Waals surface area contributed by atoms with E-state index in [0.29, 0.717) is 6.54 Å². The van der Waals surface area contributed by atoms with Crippen molar-refractivity contribution in [3.63, 3.8) is 0 Å². The first-order valence-electron chi connectivity index (χ1n) is 7.34. The SMILES string of the molecule is CCc1ccccc1C(CN)N(CC)Cc1ccco1. The fraction of sp³-hybridized carbons (Fsp3) is 0.412. The summed E-state index contributed by atoms with van der Waals surface area (Å²) < 4.78 is 5.47. The van der Waals surface area contributed by atoms with Crippen molar-refractivity contribution in [3.8, 4) is 0 Å². The summed E-state index contributed by atoms with van der Waals surface area (Å²) in [5, 5.41) is 0. The summed E-state index contributed by atoms with van der Waals surface area (Å²) >= 11 is 0. The molecule has 0 aliphatic heterocycles. The molecule has 0 spiro atoms. The predicted molar refractivity (Wildman–Crippen MR) is 82.4 cm³/mol. The summed E-state index contributed by atoms with van der Waals surface area (Å²) in [5.74, 6) is 0.985. The highest BCUT2D eigenvalue weighted by Gasteiger charge is 2.20. The van der Waals surface area contributed by atoms with E-state index >= 15 is 0 Å². The minimum atomic E-state index is 0.237. The lowest BCUT2D eigenvalue weighted by molar-refractivity contribution is 0.187. The molecule has 1 atom stereocenters. The molecule has 0 amide bonds. The molecule has 0 saturated carbocycles. The molecular formula is C17H24N2O. The van der Waals surface area contributed by atoms with E-state index in [1.165, 1.54) is 11.1 Å². The lowest BCUT2D eigenvalue weighted by atomic mass is 9.97. The van der Waals surface area contributed by atoms with Gasteiger partial charge in [-0.05, 0) is 36.2 Å². The standard InChI is InChI=1S/C17H24N2O/c1-3-14-8-5-6-10-16(14)17(12-18)19(4-2)13-15-9-7-11-20-15/h5-11,17H,3-4,12-13,18H2,1-2H3. The van der Waals surface area contributed by atoms with Gasteiger partial charge >= 0.3 is 0 Å². The molecule has 2 rings (SSSR count). The van der Waals surface area contributed by atoms with E-state index < -0.39 is 0 Å². The predicted octanol–water partition coefficient (Wildman–Crippen LogP) is 3.36. The van der Waals surface area contributed by atoms with Crippen molar-refractivity contribution < 1.29 is 4.42 Å². The van der Waals surface area contributed by atoms with Crippen LogP contribution in [-0.2, 0) is 13.0 Å². The number of likely N-dealkylation sites (N-methyl/N-ethyl adjacent to an activating group) is 1. The quantitative estimate of drug-likeness (QED) is 0.840. The average Bonchev–Trinajstić information content (AvgIpc) is 3.00. The van der Waals surface area contributed by atoms with Crippen LogP contribution in [0.15, 0.2) is 47.1 Å². The van der Waals surface area contributed by atoms with Crippen LogP contribution in [0.4, 0.5) is 0 Å². The number of nitrogens with zero attached hydrogens (tertiary/aromatic N) is 1. The van der Waals surface area contributed by atoms with Crippen LogP contribution in [0, 0.1) is 0 Å². The number of furan rings is 1. The first-order chi connectivity index (χ1) is 9.80. The zero-order valence-corrected chi connectivity index (χ0v) is 12.4. The normalized spacial score (nSPS) is 12.8. The van der Waals surface area contributed by atoms with E-state index in [-0.39, 0.29) is 6.04 Å². The van der Waals surface area contributed by atoms with E-state index in [0.717, 1.165) is 25.3 Å². The molecule has 1 aromatic carbocycles. The highest BCUT2D eigenvalue weighted by atomic mass is 16.3. The van der Waals surface area contributed by atoms with Crippen molar-refractivity contribution in [2.45, 2.75) is 32.9 Å². The maximum absolute atomic E-state index is 6.06. The second-order valence-electron chi connectivity index (χ2n) is 4.95. The molecule has 2 aromatic rings. The Hall–Kier alpha value is -1.58. The summed E-state index contributed by atoms with van der Waals surface area (Å²) in [6.07, 6.45) is 2.76. The minimum Gasteiger partial charge on any atom is -0.468 e. The molecule has 3 heteroatoms. The van der Waals surface area contributed by atoms with Gasteiger partial charge in [0, 0.05) is 12.6 Å². The van der Waals surface area contributed by atoms with Gasteiger partial charge in [0.1, 0.15) is 5.76 Å². The third kappa shape index (κ3) is 3.30. The van der Waals surface area contributed by atoms with Crippen LogP contribution in [-0.4, -0.2) is 18.0 Å². The van der Waals surface area contributed by atoms with Gasteiger partial charge in [-0.3, -0.25) is 4.90 Å². The first-order valence-corrected chi connectivity index (χ1v) is 7.34. The molecule has 2 N–H and O–H groups in total. The first kappa shape index (κ1) is 14.8. The fourth-order valence-electron chi connectivity index (χ4n) is 2.70. The molecular weight excluding hydrogens is 248 g/mol. The molecule has 108 valence electrons. The zero-order valence-electron chi connectivity index (χ0n) is 12.4. The van der Waals surface area contributed by atoms with Crippen molar-refractivity contribution in [2.75, 3.05) is 13.1 Å². The highest BCUT2D eigenvalue weighted by Crippen LogP contribution is 2.25. The molecule has 0 bridgehead atoms. The molecule has 1 heterocycles. The third-order valence-electron chi connectivity index (χ3n) is 3.80. The smallest absolute Gasteiger partial charge is 0.117 e. The number of rotatable bonds is 7. The van der Waals surface area contributed by atoms with E-state index in [9.17, 15) is 0 Å². The minimum absolute atomic E-state index is 0.237. The van der Waals surface area contributed by atoms with E-state index in [1.807, 2.05) is 12.1 Å². The van der Waals surface area contributed by atoms with Crippen molar-refractivity contribution in [2.24, 2.45) is 5.73 Å². The average molecular weight is 272 g/mol. The molecule has 0 aliphatic rings. The Bertz CT molecular complexity index is 507. The topological polar surface area (TPSA) is 42.4 Å². The second kappa shape index (κ2) is 7.27. The number of nitrogens with two attached hydrogens (primary N) is 1. The molecule has 0 saturated heterocycles. The number of aryl methyl sites for hydroxylation is 1. The molecule has 0 fully saturated rings. The van der Waals surface area contributed by atoms with Gasteiger partial charge in [0.2, 0.25) is 0 Å². The maximum atomic E-state index is 6.06. The number of benzene rings is 1. The molecule has 1 aromatic heterocycles.